The number of nitro groups is 1. The predicted molar refractivity (Wildman–Crippen MR) is 116 cm³/mol. The van der Waals surface area contributed by atoms with E-state index in [0.717, 1.165) is 22.3 Å². The molecule has 3 aromatic rings. The van der Waals surface area contributed by atoms with E-state index in [9.17, 15) is 24.8 Å². The summed E-state index contributed by atoms with van der Waals surface area (Å²) >= 11 is 0. The first kappa shape index (κ1) is 21.0. The fourth-order valence-electron chi connectivity index (χ4n) is 3.97. The van der Waals surface area contributed by atoms with Crippen LogP contribution in [0.4, 0.5) is 10.5 Å². The molecule has 0 radical (unpaired) electrons. The summed E-state index contributed by atoms with van der Waals surface area (Å²) < 4.78 is 5.41. The molecule has 0 aromatic heterocycles. The molecule has 1 amide bonds. The Morgan fingerprint density at radius 3 is 2.06 bits per heavy atom. The fraction of sp³-hybridized carbons (Fsp3) is 0.167. The van der Waals surface area contributed by atoms with E-state index >= 15 is 0 Å². The van der Waals surface area contributed by atoms with Gasteiger partial charge in [0.15, 0.2) is 0 Å². The molecule has 2 N–H and O–H groups in total. The highest BCUT2D eigenvalue weighted by Gasteiger charge is 2.29. The number of carboxylic acids is 1. The average molecular weight is 432 g/mol. The lowest BCUT2D eigenvalue weighted by Gasteiger charge is -2.17. The van der Waals surface area contributed by atoms with Crippen LogP contribution in [0.5, 0.6) is 0 Å². The number of nitrogens with one attached hydrogen (secondary N) is 1. The first-order chi connectivity index (χ1) is 15.4. The molecule has 32 heavy (non-hydrogen) atoms. The molecule has 0 saturated carbocycles. The number of aliphatic carboxylic acids is 1. The molecule has 8 nitrogen and oxygen atoms in total. The highest BCUT2D eigenvalue weighted by molar-refractivity contribution is 5.81. The van der Waals surface area contributed by atoms with Crippen molar-refractivity contribution in [2.45, 2.75) is 18.4 Å². The first-order valence-corrected chi connectivity index (χ1v) is 10.0. The number of nitrogens with zero attached hydrogens (tertiary/aromatic N) is 1. The Morgan fingerprint density at radius 1 is 0.969 bits per heavy atom. The van der Waals surface area contributed by atoms with Gasteiger partial charge in [-0.15, -0.1) is 0 Å². The lowest BCUT2D eigenvalue weighted by Crippen LogP contribution is -2.42. The molecule has 3 aromatic carbocycles. The molecule has 0 saturated heterocycles. The zero-order valence-corrected chi connectivity index (χ0v) is 16.9. The number of ether oxygens (including phenoxy) is 1. The van der Waals surface area contributed by atoms with Gasteiger partial charge >= 0.3 is 12.1 Å². The van der Waals surface area contributed by atoms with Crippen LogP contribution in [0.1, 0.15) is 22.6 Å². The third kappa shape index (κ3) is 4.29. The molecule has 1 aliphatic carbocycles. The van der Waals surface area contributed by atoms with Gasteiger partial charge in [-0.1, -0.05) is 60.7 Å². The quantitative estimate of drug-likeness (QED) is 0.428. The van der Waals surface area contributed by atoms with Crippen LogP contribution in [-0.2, 0) is 16.0 Å². The Balaban J connectivity index is 1.41. The van der Waals surface area contributed by atoms with E-state index in [0.29, 0.717) is 5.56 Å². The van der Waals surface area contributed by atoms with Crippen molar-refractivity contribution in [1.82, 2.24) is 5.32 Å². The fourth-order valence-corrected chi connectivity index (χ4v) is 3.97. The lowest BCUT2D eigenvalue weighted by atomic mass is 9.98. The van der Waals surface area contributed by atoms with Crippen LogP contribution in [0.2, 0.25) is 0 Å². The maximum absolute atomic E-state index is 12.4. The molecular weight excluding hydrogens is 412 g/mol. The van der Waals surface area contributed by atoms with E-state index in [1.807, 2.05) is 48.5 Å². The van der Waals surface area contributed by atoms with E-state index in [1.165, 1.54) is 24.3 Å². The molecular formula is C24H20N2O6. The van der Waals surface area contributed by atoms with Crippen LogP contribution in [-0.4, -0.2) is 34.7 Å². The number of carboxylic acid groups (broad SMARTS) is 1. The lowest BCUT2D eigenvalue weighted by molar-refractivity contribution is -0.384. The van der Waals surface area contributed by atoms with Crippen LogP contribution < -0.4 is 5.32 Å². The zero-order valence-electron chi connectivity index (χ0n) is 16.9. The van der Waals surface area contributed by atoms with E-state index < -0.39 is 23.0 Å². The van der Waals surface area contributed by atoms with Crippen molar-refractivity contribution in [3.8, 4) is 11.1 Å². The van der Waals surface area contributed by atoms with Gasteiger partial charge in [0.2, 0.25) is 0 Å². The molecule has 0 spiro atoms. The second-order valence-corrected chi connectivity index (χ2v) is 7.49. The van der Waals surface area contributed by atoms with Gasteiger partial charge < -0.3 is 15.2 Å². The summed E-state index contributed by atoms with van der Waals surface area (Å²) in [7, 11) is 0. The molecule has 0 unspecified atom stereocenters. The Bertz CT molecular complexity index is 1130. The third-order valence-corrected chi connectivity index (χ3v) is 5.52. The van der Waals surface area contributed by atoms with Crippen molar-refractivity contribution >= 4 is 17.7 Å². The maximum atomic E-state index is 12.4. The number of amides is 1. The van der Waals surface area contributed by atoms with Crippen molar-refractivity contribution in [1.29, 1.82) is 0 Å². The van der Waals surface area contributed by atoms with Gasteiger partial charge in [-0.05, 0) is 27.8 Å². The number of benzene rings is 3. The van der Waals surface area contributed by atoms with E-state index in [-0.39, 0.29) is 24.6 Å². The molecule has 4 rings (SSSR count). The van der Waals surface area contributed by atoms with Gasteiger partial charge in [-0.2, -0.15) is 0 Å². The minimum atomic E-state index is -1.23. The topological polar surface area (TPSA) is 119 Å². The summed E-state index contributed by atoms with van der Waals surface area (Å²) in [4.78, 5) is 34.2. The number of carbonyl (C=O) groups is 2. The van der Waals surface area contributed by atoms with Gasteiger partial charge in [0.25, 0.3) is 5.69 Å². The second kappa shape index (κ2) is 8.89. The van der Waals surface area contributed by atoms with Crippen LogP contribution in [0.25, 0.3) is 11.1 Å². The van der Waals surface area contributed by atoms with E-state index in [1.54, 1.807) is 0 Å². The smallest absolute Gasteiger partial charge is 0.407 e. The number of nitro benzene ring substituents is 1. The molecule has 1 atom stereocenters. The number of alkyl carbamates (subject to hydrolysis) is 1. The molecule has 0 bridgehead atoms. The highest BCUT2D eigenvalue weighted by atomic mass is 16.6. The highest BCUT2D eigenvalue weighted by Crippen LogP contribution is 2.44. The molecule has 8 heteroatoms. The summed E-state index contributed by atoms with van der Waals surface area (Å²) in [5.41, 5.74) is 4.76. The summed E-state index contributed by atoms with van der Waals surface area (Å²) in [6.45, 7) is 0.0731. The number of carbonyl (C=O) groups excluding carboxylic acids is 1. The van der Waals surface area contributed by atoms with Gasteiger partial charge in [0, 0.05) is 24.5 Å². The third-order valence-electron chi connectivity index (χ3n) is 5.52. The Labute approximate surface area is 183 Å². The summed E-state index contributed by atoms with van der Waals surface area (Å²) in [6, 6.07) is 20.1. The van der Waals surface area contributed by atoms with Crippen molar-refractivity contribution in [2.75, 3.05) is 6.61 Å². The van der Waals surface area contributed by atoms with Crippen molar-refractivity contribution in [3.63, 3.8) is 0 Å². The number of hydrogen-bond acceptors (Lipinski definition) is 5. The average Bonchev–Trinajstić information content (AvgIpc) is 3.11. The minimum Gasteiger partial charge on any atom is -0.480 e. The molecule has 0 fully saturated rings. The van der Waals surface area contributed by atoms with Crippen LogP contribution in [0.3, 0.4) is 0 Å². The predicted octanol–water partition coefficient (Wildman–Crippen LogP) is 4.13. The molecule has 0 aliphatic heterocycles. The van der Waals surface area contributed by atoms with Crippen LogP contribution >= 0.6 is 0 Å². The van der Waals surface area contributed by atoms with E-state index in [4.69, 9.17) is 4.74 Å². The van der Waals surface area contributed by atoms with Crippen molar-refractivity contribution in [3.05, 3.63) is 99.6 Å². The van der Waals surface area contributed by atoms with Crippen molar-refractivity contribution < 1.29 is 24.4 Å². The molecule has 0 heterocycles. The monoisotopic (exact) mass is 432 g/mol. The number of hydrogen-bond donors (Lipinski definition) is 2. The Kier molecular flexibility index (Phi) is 5.85. The Hall–Kier alpha value is -4.20. The normalized spacial score (nSPS) is 13.0. The van der Waals surface area contributed by atoms with Gasteiger partial charge in [0.05, 0.1) is 4.92 Å². The maximum Gasteiger partial charge on any atom is 0.407 e. The minimum absolute atomic E-state index is 0.0302. The van der Waals surface area contributed by atoms with Crippen LogP contribution in [0, 0.1) is 10.1 Å². The van der Waals surface area contributed by atoms with Gasteiger partial charge in [-0.3, -0.25) is 10.1 Å². The van der Waals surface area contributed by atoms with Crippen molar-refractivity contribution in [2.24, 2.45) is 0 Å². The standard InChI is InChI=1S/C24H20N2O6/c27-23(28)22(13-15-9-11-16(12-10-15)26(30)31)25-24(29)32-14-21-19-7-3-1-5-17(19)18-6-2-4-8-20(18)21/h1-12,21-22H,13-14H2,(H,25,29)(H,27,28)/t22-/m1/s1. The number of fused-ring (bicyclic) bond motifs is 3. The number of non-ortho nitro benzene ring substituents is 1. The SMILES string of the molecule is O=C(N[C@H](Cc1ccc([N+](=O)[O-])cc1)C(=O)O)OCC1c2ccccc2-c2ccccc21. The van der Waals surface area contributed by atoms with Gasteiger partial charge in [-0.25, -0.2) is 9.59 Å². The summed E-state index contributed by atoms with van der Waals surface area (Å²) in [6.07, 6.45) is -0.862. The largest absolute Gasteiger partial charge is 0.480 e. The summed E-state index contributed by atoms with van der Waals surface area (Å²) in [5, 5.41) is 22.6. The molecule has 162 valence electrons. The Morgan fingerprint density at radius 2 is 1.53 bits per heavy atom. The van der Waals surface area contributed by atoms with Gasteiger partial charge in [0.1, 0.15) is 12.6 Å². The van der Waals surface area contributed by atoms with E-state index in [2.05, 4.69) is 5.32 Å². The first-order valence-electron chi connectivity index (χ1n) is 10.0. The van der Waals surface area contributed by atoms with Crippen LogP contribution in [0.15, 0.2) is 72.8 Å². The summed E-state index contributed by atoms with van der Waals surface area (Å²) in [5.74, 6) is -1.36. The second-order valence-electron chi connectivity index (χ2n) is 7.49. The number of rotatable bonds is 7. The molecule has 1 aliphatic rings. The zero-order chi connectivity index (χ0) is 22.7.